The first-order chi connectivity index (χ1) is 20.4. The molecule has 5 aromatic rings. The average Bonchev–Trinajstić information content (AvgIpc) is 3.57. The number of non-ortho nitro benzene ring substituents is 1. The van der Waals surface area contributed by atoms with Crippen molar-refractivity contribution in [3.8, 4) is 11.4 Å². The van der Waals surface area contributed by atoms with Crippen LogP contribution in [0.15, 0.2) is 119 Å². The molecular formula is C32H27N5O3S2. The first-order valence-corrected chi connectivity index (χ1v) is 14.5. The topological polar surface area (TPSA) is 85.5 Å². The van der Waals surface area contributed by atoms with Crippen LogP contribution in [0, 0.1) is 17.0 Å². The van der Waals surface area contributed by atoms with Gasteiger partial charge in [0.1, 0.15) is 11.8 Å². The summed E-state index contributed by atoms with van der Waals surface area (Å²) in [6, 6.07) is 32.7. The van der Waals surface area contributed by atoms with Crippen molar-refractivity contribution in [1.82, 2.24) is 14.9 Å². The highest BCUT2D eigenvalue weighted by molar-refractivity contribution is 7.99. The summed E-state index contributed by atoms with van der Waals surface area (Å²) in [6.07, 6.45) is 1.80. The zero-order chi connectivity index (χ0) is 29.2. The summed E-state index contributed by atoms with van der Waals surface area (Å²) >= 11 is 7.49. The minimum atomic E-state index is -0.391. The second-order valence-corrected chi connectivity index (χ2v) is 11.3. The van der Waals surface area contributed by atoms with Crippen LogP contribution < -0.4 is 15.0 Å². The normalized spacial score (nSPS) is 16.3. The Kier molecular flexibility index (Phi) is 7.64. The Bertz CT molecular complexity index is 1720. The third-order valence-corrected chi connectivity index (χ3v) is 8.57. The highest BCUT2D eigenvalue weighted by Crippen LogP contribution is 2.43. The molecule has 0 radical (unpaired) electrons. The van der Waals surface area contributed by atoms with Crippen molar-refractivity contribution >= 4 is 40.5 Å². The number of pyridine rings is 1. The smallest absolute Gasteiger partial charge is 0.269 e. The lowest BCUT2D eigenvalue weighted by molar-refractivity contribution is -0.384. The van der Waals surface area contributed by atoms with Crippen molar-refractivity contribution in [2.24, 2.45) is 0 Å². The molecule has 3 aromatic carbocycles. The molecular weight excluding hydrogens is 567 g/mol. The van der Waals surface area contributed by atoms with E-state index in [4.69, 9.17) is 17.0 Å². The molecule has 6 rings (SSSR count). The molecule has 2 aromatic heterocycles. The predicted molar refractivity (Wildman–Crippen MR) is 169 cm³/mol. The monoisotopic (exact) mass is 593 g/mol. The number of thiocarbonyl (C=S) groups is 1. The fraction of sp³-hybridized carbons (Fsp3) is 0.125. The molecule has 0 saturated carbocycles. The van der Waals surface area contributed by atoms with Gasteiger partial charge in [0.15, 0.2) is 5.11 Å². The van der Waals surface area contributed by atoms with Gasteiger partial charge in [-0.25, -0.2) is 0 Å². The van der Waals surface area contributed by atoms with Crippen LogP contribution in [0.5, 0.6) is 5.75 Å². The number of nitrogens with one attached hydrogen (secondary N) is 1. The Hall–Kier alpha value is -4.67. The third-order valence-electron chi connectivity index (χ3n) is 7.24. The summed E-state index contributed by atoms with van der Waals surface area (Å²) in [6.45, 7) is 2.10. The molecule has 0 aliphatic carbocycles. The number of aromatic nitrogens is 2. The minimum absolute atomic E-state index is 0.0767. The van der Waals surface area contributed by atoms with Gasteiger partial charge in [-0.15, -0.1) is 0 Å². The summed E-state index contributed by atoms with van der Waals surface area (Å²) in [5.74, 6) is 0.800. The van der Waals surface area contributed by atoms with Crippen LogP contribution in [-0.4, -0.2) is 26.7 Å². The summed E-state index contributed by atoms with van der Waals surface area (Å²) in [4.78, 5) is 19.4. The molecule has 0 amide bonds. The van der Waals surface area contributed by atoms with E-state index in [2.05, 4.69) is 63.1 Å². The Morgan fingerprint density at radius 1 is 0.905 bits per heavy atom. The maximum atomic E-state index is 11.0. The molecule has 10 heteroatoms. The molecule has 0 bridgehead atoms. The van der Waals surface area contributed by atoms with Crippen LogP contribution in [-0.2, 0) is 0 Å². The van der Waals surface area contributed by atoms with Crippen LogP contribution in [0.4, 0.5) is 11.4 Å². The van der Waals surface area contributed by atoms with Crippen molar-refractivity contribution in [1.29, 1.82) is 0 Å². The number of hydrogen-bond donors (Lipinski definition) is 1. The van der Waals surface area contributed by atoms with E-state index in [1.165, 1.54) is 12.1 Å². The lowest BCUT2D eigenvalue weighted by atomic mass is 10.0. The average molecular weight is 594 g/mol. The van der Waals surface area contributed by atoms with Crippen LogP contribution >= 0.6 is 24.0 Å². The van der Waals surface area contributed by atoms with Crippen molar-refractivity contribution in [2.75, 3.05) is 12.0 Å². The molecule has 1 aliphatic rings. The second-order valence-electron chi connectivity index (χ2n) is 9.78. The van der Waals surface area contributed by atoms with E-state index in [0.29, 0.717) is 5.11 Å². The first-order valence-electron chi connectivity index (χ1n) is 13.3. The minimum Gasteiger partial charge on any atom is -0.497 e. The molecule has 1 fully saturated rings. The van der Waals surface area contributed by atoms with Gasteiger partial charge in [-0.3, -0.25) is 15.1 Å². The number of ether oxygens (including phenoxy) is 1. The third kappa shape index (κ3) is 5.34. The SMILES string of the molecule is COc1ccc(-n2c(C)ccc2C2C(c3ccccn3)NC(=S)N2c2ccc(Sc3ccc([N+](=O)[O-])cc3)cc2)cc1. The molecule has 210 valence electrons. The van der Waals surface area contributed by atoms with Gasteiger partial charge in [0.05, 0.1) is 23.8 Å². The number of benzene rings is 3. The molecule has 0 spiro atoms. The lowest BCUT2D eigenvalue weighted by Crippen LogP contribution is -2.30. The highest BCUT2D eigenvalue weighted by atomic mass is 32.2. The number of nitro groups is 1. The van der Waals surface area contributed by atoms with Gasteiger partial charge < -0.3 is 19.5 Å². The van der Waals surface area contributed by atoms with Crippen molar-refractivity contribution in [3.05, 3.63) is 137 Å². The van der Waals surface area contributed by atoms with E-state index in [0.717, 1.165) is 44.0 Å². The van der Waals surface area contributed by atoms with E-state index in [9.17, 15) is 10.1 Å². The molecule has 2 unspecified atom stereocenters. The van der Waals surface area contributed by atoms with Gasteiger partial charge in [0.25, 0.3) is 5.69 Å². The fourth-order valence-electron chi connectivity index (χ4n) is 5.25. The summed E-state index contributed by atoms with van der Waals surface area (Å²) in [5.41, 5.74) is 5.13. The van der Waals surface area contributed by atoms with Crippen LogP contribution in [0.25, 0.3) is 5.69 Å². The van der Waals surface area contributed by atoms with Crippen LogP contribution in [0.1, 0.15) is 29.2 Å². The van der Waals surface area contributed by atoms with Crippen LogP contribution in [0.2, 0.25) is 0 Å². The number of hydrogen-bond acceptors (Lipinski definition) is 6. The molecule has 3 heterocycles. The van der Waals surface area contributed by atoms with E-state index in [1.54, 1.807) is 37.2 Å². The second kappa shape index (κ2) is 11.7. The quantitative estimate of drug-likeness (QED) is 0.113. The number of aryl methyl sites for hydroxylation is 1. The number of nitrogens with zero attached hydrogens (tertiary/aromatic N) is 4. The molecule has 8 nitrogen and oxygen atoms in total. The number of anilines is 1. The van der Waals surface area contributed by atoms with Gasteiger partial charge in [-0.1, -0.05) is 17.8 Å². The molecule has 1 N–H and O–H groups in total. The number of nitro benzene ring substituents is 1. The van der Waals surface area contributed by atoms with Gasteiger partial charge in [0.2, 0.25) is 0 Å². The zero-order valence-corrected chi connectivity index (χ0v) is 24.5. The van der Waals surface area contributed by atoms with E-state index < -0.39 is 4.92 Å². The maximum absolute atomic E-state index is 11.0. The van der Waals surface area contributed by atoms with Crippen LogP contribution in [0.3, 0.4) is 0 Å². The summed E-state index contributed by atoms with van der Waals surface area (Å²) in [7, 11) is 1.66. The number of rotatable bonds is 8. The van der Waals surface area contributed by atoms with Crippen molar-refractivity contribution in [3.63, 3.8) is 0 Å². The maximum Gasteiger partial charge on any atom is 0.269 e. The molecule has 2 atom stereocenters. The largest absolute Gasteiger partial charge is 0.497 e. The van der Waals surface area contributed by atoms with Gasteiger partial charge in [-0.05, 0) is 104 Å². The Labute approximate surface area is 253 Å². The fourth-order valence-corrected chi connectivity index (χ4v) is 6.42. The van der Waals surface area contributed by atoms with E-state index in [-0.39, 0.29) is 17.8 Å². The standard InChI is InChI=1S/C32H27N5O3S2/c1-21-6-19-29(35(21)22-7-13-25(40-2)14-8-22)31-30(28-5-3-4-20-33-28)34-32(41)36(31)23-9-15-26(16-10-23)42-27-17-11-24(12-18-27)37(38)39/h3-20,30-31H,1-2H3,(H,34,41). The summed E-state index contributed by atoms with van der Waals surface area (Å²) in [5, 5.41) is 15.2. The Morgan fingerprint density at radius 2 is 1.57 bits per heavy atom. The van der Waals surface area contributed by atoms with Crippen molar-refractivity contribution in [2.45, 2.75) is 28.8 Å². The van der Waals surface area contributed by atoms with Crippen molar-refractivity contribution < 1.29 is 9.66 Å². The van der Waals surface area contributed by atoms with E-state index >= 15 is 0 Å². The van der Waals surface area contributed by atoms with Gasteiger partial charge in [-0.2, -0.15) is 0 Å². The van der Waals surface area contributed by atoms with Gasteiger partial charge in [0, 0.05) is 50.9 Å². The summed E-state index contributed by atoms with van der Waals surface area (Å²) < 4.78 is 7.64. The Balaban J connectivity index is 1.37. The zero-order valence-electron chi connectivity index (χ0n) is 22.9. The predicted octanol–water partition coefficient (Wildman–Crippen LogP) is 7.43. The van der Waals surface area contributed by atoms with E-state index in [1.807, 2.05) is 42.5 Å². The Morgan fingerprint density at radius 3 is 2.19 bits per heavy atom. The lowest BCUT2D eigenvalue weighted by Gasteiger charge is -2.29. The highest BCUT2D eigenvalue weighted by Gasteiger charge is 2.42. The molecule has 1 aliphatic heterocycles. The first kappa shape index (κ1) is 27.5. The number of methoxy groups -OCH3 is 1. The molecule has 42 heavy (non-hydrogen) atoms. The molecule has 1 saturated heterocycles. The van der Waals surface area contributed by atoms with Gasteiger partial charge >= 0.3 is 0 Å².